The molecule has 1 atom stereocenters. The summed E-state index contributed by atoms with van der Waals surface area (Å²) in [5, 5.41) is 11.8. The van der Waals surface area contributed by atoms with Gasteiger partial charge in [0, 0.05) is 34.7 Å². The van der Waals surface area contributed by atoms with E-state index in [1.807, 2.05) is 6.92 Å². The Kier molecular flexibility index (Phi) is 4.32. The molecule has 0 bridgehead atoms. The molecule has 0 saturated carbocycles. The number of aromatic hydroxyl groups is 1. The van der Waals surface area contributed by atoms with Crippen molar-refractivity contribution in [2.75, 3.05) is 6.54 Å². The summed E-state index contributed by atoms with van der Waals surface area (Å²) in [5.74, 6) is 0.286. The number of likely N-dealkylation sites (tertiary alicyclic amines) is 1. The zero-order valence-corrected chi connectivity index (χ0v) is 15.2. The fraction of sp³-hybridized carbons (Fsp3) is 0.571. The molecule has 0 radical (unpaired) electrons. The number of phenols is 1. The first-order valence-electron chi connectivity index (χ1n) is 9.64. The fourth-order valence-electron chi connectivity index (χ4n) is 4.70. The van der Waals surface area contributed by atoms with Gasteiger partial charge in [-0.15, -0.1) is 0 Å². The summed E-state index contributed by atoms with van der Waals surface area (Å²) in [6, 6.07) is 2.68. The largest absolute Gasteiger partial charge is 0.507 e. The van der Waals surface area contributed by atoms with Crippen molar-refractivity contribution < 1.29 is 9.52 Å². The van der Waals surface area contributed by atoms with Gasteiger partial charge in [0.25, 0.3) is 0 Å². The van der Waals surface area contributed by atoms with Crippen LogP contribution in [0.25, 0.3) is 11.0 Å². The first-order chi connectivity index (χ1) is 12.1. The average molecular weight is 341 g/mol. The molecule has 1 fully saturated rings. The quantitative estimate of drug-likeness (QED) is 0.856. The van der Waals surface area contributed by atoms with Crippen LogP contribution >= 0.6 is 0 Å². The molecule has 2 aromatic rings. The Morgan fingerprint density at radius 1 is 1.24 bits per heavy atom. The van der Waals surface area contributed by atoms with Crippen LogP contribution in [0.1, 0.15) is 61.3 Å². The van der Waals surface area contributed by atoms with Crippen molar-refractivity contribution in [3.05, 3.63) is 38.7 Å². The zero-order valence-electron chi connectivity index (χ0n) is 15.2. The van der Waals surface area contributed by atoms with E-state index in [1.165, 1.54) is 19.3 Å². The zero-order chi connectivity index (χ0) is 17.6. The van der Waals surface area contributed by atoms with Crippen LogP contribution in [-0.2, 0) is 19.4 Å². The Morgan fingerprint density at radius 3 is 2.84 bits per heavy atom. The Bertz CT molecular complexity index is 868. The number of rotatable bonds is 3. The fourth-order valence-corrected chi connectivity index (χ4v) is 4.70. The summed E-state index contributed by atoms with van der Waals surface area (Å²) in [5.41, 5.74) is 3.99. The first-order valence-corrected chi connectivity index (χ1v) is 9.64. The molecule has 1 aromatic heterocycles. The van der Waals surface area contributed by atoms with E-state index in [-0.39, 0.29) is 11.4 Å². The second-order valence-corrected chi connectivity index (χ2v) is 7.61. The monoisotopic (exact) mass is 341 g/mol. The van der Waals surface area contributed by atoms with Gasteiger partial charge < -0.3 is 9.52 Å². The number of piperidine rings is 1. The average Bonchev–Trinajstić information content (AvgIpc) is 3.12. The minimum atomic E-state index is -0.225. The summed E-state index contributed by atoms with van der Waals surface area (Å²) in [6.07, 6.45) is 7.68. The molecule has 1 saturated heterocycles. The molecule has 1 N–H and O–H groups in total. The van der Waals surface area contributed by atoms with Crippen molar-refractivity contribution in [2.45, 2.75) is 71.4 Å². The molecule has 25 heavy (non-hydrogen) atoms. The molecule has 4 heteroatoms. The molecule has 0 spiro atoms. The first kappa shape index (κ1) is 16.6. The van der Waals surface area contributed by atoms with Gasteiger partial charge in [0.15, 0.2) is 0 Å². The lowest BCUT2D eigenvalue weighted by atomic mass is 9.96. The molecule has 2 aliphatic rings. The lowest BCUT2D eigenvalue weighted by molar-refractivity contribution is 0.135. The number of hydrogen-bond donors (Lipinski definition) is 1. The van der Waals surface area contributed by atoms with E-state index >= 15 is 0 Å². The number of aryl methyl sites for hydroxylation is 2. The van der Waals surface area contributed by atoms with Gasteiger partial charge >= 0.3 is 5.63 Å². The lowest BCUT2D eigenvalue weighted by Crippen LogP contribution is -2.38. The van der Waals surface area contributed by atoms with Crippen LogP contribution in [0.5, 0.6) is 5.75 Å². The van der Waals surface area contributed by atoms with Crippen molar-refractivity contribution >= 4 is 11.0 Å². The van der Waals surface area contributed by atoms with Gasteiger partial charge in [-0.1, -0.05) is 13.3 Å². The van der Waals surface area contributed by atoms with Gasteiger partial charge in [-0.05, 0) is 63.6 Å². The van der Waals surface area contributed by atoms with Gasteiger partial charge in [-0.2, -0.15) is 0 Å². The maximum absolute atomic E-state index is 12.2. The van der Waals surface area contributed by atoms with Gasteiger partial charge in [-0.3, -0.25) is 4.90 Å². The molecular weight excluding hydrogens is 314 g/mol. The van der Waals surface area contributed by atoms with E-state index in [1.54, 1.807) is 0 Å². The number of benzene rings is 1. The second kappa shape index (κ2) is 6.49. The summed E-state index contributed by atoms with van der Waals surface area (Å²) < 4.78 is 5.57. The minimum Gasteiger partial charge on any atom is -0.507 e. The molecule has 0 unspecified atom stereocenters. The Balaban J connectivity index is 1.81. The van der Waals surface area contributed by atoms with Crippen LogP contribution in [0.3, 0.4) is 0 Å². The second-order valence-electron chi connectivity index (χ2n) is 7.61. The number of nitrogens with zero attached hydrogens (tertiary/aromatic N) is 1. The predicted octanol–water partition coefficient (Wildman–Crippen LogP) is 4.06. The Hall–Kier alpha value is -1.81. The van der Waals surface area contributed by atoms with E-state index in [9.17, 15) is 9.90 Å². The Morgan fingerprint density at radius 2 is 2.04 bits per heavy atom. The third kappa shape index (κ3) is 2.77. The highest BCUT2D eigenvalue weighted by Crippen LogP contribution is 2.36. The van der Waals surface area contributed by atoms with E-state index in [4.69, 9.17) is 4.42 Å². The Labute approximate surface area is 148 Å². The molecule has 1 aromatic carbocycles. The standard InChI is InChI=1S/C21H27NO3/c1-3-15-7-4-5-10-22(15)12-14-11-18-16-8-6-9-17(16)21(24)25-20(18)13(2)19(14)23/h11,15,23H,3-10,12H2,1-2H3/t15-/m1/s1. The topological polar surface area (TPSA) is 53.7 Å². The van der Waals surface area contributed by atoms with Crippen LogP contribution in [0.2, 0.25) is 0 Å². The van der Waals surface area contributed by atoms with Crippen LogP contribution in [0.15, 0.2) is 15.3 Å². The molecule has 4 rings (SSSR count). The maximum Gasteiger partial charge on any atom is 0.339 e. The molecule has 134 valence electrons. The van der Waals surface area contributed by atoms with E-state index < -0.39 is 0 Å². The van der Waals surface area contributed by atoms with Crippen molar-refractivity contribution in [2.24, 2.45) is 0 Å². The van der Waals surface area contributed by atoms with Crippen LogP contribution in [-0.4, -0.2) is 22.6 Å². The maximum atomic E-state index is 12.2. The van der Waals surface area contributed by atoms with Gasteiger partial charge in [0.1, 0.15) is 11.3 Å². The number of phenolic OH excluding ortho intramolecular Hbond substituents is 1. The summed E-state index contributed by atoms with van der Waals surface area (Å²) in [7, 11) is 0. The molecular formula is C21H27NO3. The molecule has 4 nitrogen and oxygen atoms in total. The number of hydrogen-bond acceptors (Lipinski definition) is 4. The highest BCUT2D eigenvalue weighted by atomic mass is 16.4. The normalized spacial score (nSPS) is 21.0. The van der Waals surface area contributed by atoms with E-state index in [0.29, 0.717) is 17.2 Å². The summed E-state index contributed by atoms with van der Waals surface area (Å²) >= 11 is 0. The van der Waals surface area contributed by atoms with E-state index in [2.05, 4.69) is 17.9 Å². The van der Waals surface area contributed by atoms with Crippen molar-refractivity contribution in [1.29, 1.82) is 0 Å². The van der Waals surface area contributed by atoms with Gasteiger partial charge in [-0.25, -0.2) is 4.79 Å². The smallest absolute Gasteiger partial charge is 0.339 e. The molecule has 2 heterocycles. The summed E-state index contributed by atoms with van der Waals surface area (Å²) in [4.78, 5) is 14.7. The predicted molar refractivity (Wildman–Crippen MR) is 99.3 cm³/mol. The van der Waals surface area contributed by atoms with E-state index in [0.717, 1.165) is 60.8 Å². The molecule has 0 amide bonds. The minimum absolute atomic E-state index is 0.225. The lowest BCUT2D eigenvalue weighted by Gasteiger charge is -2.35. The van der Waals surface area contributed by atoms with Crippen LogP contribution < -0.4 is 5.63 Å². The van der Waals surface area contributed by atoms with Gasteiger partial charge in [0.05, 0.1) is 0 Å². The molecule has 1 aliphatic heterocycles. The third-order valence-electron chi connectivity index (χ3n) is 6.14. The van der Waals surface area contributed by atoms with Crippen molar-refractivity contribution in [3.8, 4) is 5.75 Å². The SMILES string of the molecule is CC[C@@H]1CCCCN1Cc1cc2c3c(c(=O)oc2c(C)c1O)CCC3. The van der Waals surface area contributed by atoms with Crippen molar-refractivity contribution in [3.63, 3.8) is 0 Å². The number of fused-ring (bicyclic) bond motifs is 3. The summed E-state index contributed by atoms with van der Waals surface area (Å²) in [6.45, 7) is 5.97. The highest BCUT2D eigenvalue weighted by molar-refractivity contribution is 5.87. The third-order valence-corrected chi connectivity index (χ3v) is 6.14. The van der Waals surface area contributed by atoms with Crippen LogP contribution in [0, 0.1) is 6.92 Å². The van der Waals surface area contributed by atoms with Gasteiger partial charge in [0.2, 0.25) is 0 Å². The van der Waals surface area contributed by atoms with Crippen LogP contribution in [0.4, 0.5) is 0 Å². The van der Waals surface area contributed by atoms with Crippen molar-refractivity contribution in [1.82, 2.24) is 4.90 Å². The highest BCUT2D eigenvalue weighted by Gasteiger charge is 2.25. The molecule has 1 aliphatic carbocycles.